The Balaban J connectivity index is 1.90. The standard InChI is InChI=1S/C16H18N4O3/c1-8-4-10(14(22)20-6-9-5-16(9,2)7-20)11-12(17-8)19(3)15(23)18-13(11)21/h4,9H,5-7H2,1-3H3,(H,18,21,23). The molecule has 0 aromatic carbocycles. The van der Waals surface area contributed by atoms with Gasteiger partial charge in [-0.25, -0.2) is 9.78 Å². The van der Waals surface area contributed by atoms with E-state index in [0.717, 1.165) is 13.1 Å². The summed E-state index contributed by atoms with van der Waals surface area (Å²) < 4.78 is 1.27. The minimum absolute atomic E-state index is 0.155. The average Bonchev–Trinajstić information content (AvgIpc) is 3.00. The summed E-state index contributed by atoms with van der Waals surface area (Å²) in [5.74, 6) is 0.418. The molecule has 7 nitrogen and oxygen atoms in total. The van der Waals surface area contributed by atoms with Crippen LogP contribution in [0.1, 0.15) is 29.4 Å². The summed E-state index contributed by atoms with van der Waals surface area (Å²) >= 11 is 0. The third kappa shape index (κ3) is 1.95. The summed E-state index contributed by atoms with van der Waals surface area (Å²) in [4.78, 5) is 45.3. The molecule has 0 spiro atoms. The van der Waals surface area contributed by atoms with Gasteiger partial charge in [0, 0.05) is 25.8 Å². The lowest BCUT2D eigenvalue weighted by Gasteiger charge is -2.20. The van der Waals surface area contributed by atoms with Crippen molar-refractivity contribution < 1.29 is 4.79 Å². The molecule has 0 radical (unpaired) electrons. The highest BCUT2D eigenvalue weighted by molar-refractivity contribution is 6.05. The molecule has 1 aliphatic heterocycles. The summed E-state index contributed by atoms with van der Waals surface area (Å²) in [5.41, 5.74) is 0.333. The first-order valence-corrected chi connectivity index (χ1v) is 7.70. The molecule has 0 bridgehead atoms. The molecule has 2 aromatic rings. The molecule has 3 heterocycles. The Morgan fingerprint density at radius 3 is 2.83 bits per heavy atom. The van der Waals surface area contributed by atoms with Crippen molar-refractivity contribution >= 4 is 16.9 Å². The lowest BCUT2D eigenvalue weighted by molar-refractivity contribution is 0.0768. The maximum atomic E-state index is 12.9. The first-order valence-electron chi connectivity index (χ1n) is 7.70. The average molecular weight is 314 g/mol. The molecular weight excluding hydrogens is 296 g/mol. The molecule has 7 heteroatoms. The van der Waals surface area contributed by atoms with Crippen molar-refractivity contribution in [1.82, 2.24) is 19.4 Å². The first-order chi connectivity index (χ1) is 10.8. The fourth-order valence-corrected chi connectivity index (χ4v) is 3.71. The molecule has 23 heavy (non-hydrogen) atoms. The number of likely N-dealkylation sites (tertiary alicyclic amines) is 1. The van der Waals surface area contributed by atoms with Crippen LogP contribution in [0.25, 0.3) is 11.0 Å². The van der Waals surface area contributed by atoms with E-state index in [2.05, 4.69) is 16.9 Å². The number of fused-ring (bicyclic) bond motifs is 2. The van der Waals surface area contributed by atoms with E-state index >= 15 is 0 Å². The maximum absolute atomic E-state index is 12.9. The number of aromatic nitrogens is 3. The predicted octanol–water partition coefficient (Wildman–Crippen LogP) is 0.412. The van der Waals surface area contributed by atoms with Gasteiger partial charge in [0.2, 0.25) is 0 Å². The number of piperidine rings is 1. The van der Waals surface area contributed by atoms with Gasteiger partial charge in [0.1, 0.15) is 5.65 Å². The normalized spacial score (nSPS) is 25.7. The van der Waals surface area contributed by atoms with Crippen molar-refractivity contribution in [3.8, 4) is 0 Å². The monoisotopic (exact) mass is 314 g/mol. The minimum Gasteiger partial charge on any atom is -0.338 e. The van der Waals surface area contributed by atoms with E-state index in [-0.39, 0.29) is 22.4 Å². The zero-order valence-corrected chi connectivity index (χ0v) is 13.3. The Labute approximate surface area is 131 Å². The second kappa shape index (κ2) is 4.31. The summed E-state index contributed by atoms with van der Waals surface area (Å²) in [6.07, 6.45) is 1.17. The lowest BCUT2D eigenvalue weighted by atomic mass is 10.1. The first kappa shape index (κ1) is 14.2. The fourth-order valence-electron chi connectivity index (χ4n) is 3.71. The number of nitrogens with one attached hydrogen (secondary N) is 1. The highest BCUT2D eigenvalue weighted by Crippen LogP contribution is 2.57. The molecule has 2 fully saturated rings. The molecule has 1 saturated carbocycles. The number of carbonyl (C=O) groups is 1. The number of nitrogens with zero attached hydrogens (tertiary/aromatic N) is 3. The Morgan fingerprint density at radius 2 is 2.17 bits per heavy atom. The topological polar surface area (TPSA) is 88.1 Å². The van der Waals surface area contributed by atoms with Gasteiger partial charge in [0.25, 0.3) is 11.5 Å². The summed E-state index contributed by atoms with van der Waals surface area (Å²) in [6, 6.07) is 1.64. The second-order valence-corrected chi connectivity index (χ2v) is 7.07. The smallest absolute Gasteiger partial charge is 0.329 e. The van der Waals surface area contributed by atoms with Gasteiger partial charge in [0.05, 0.1) is 10.9 Å². The van der Waals surface area contributed by atoms with Crippen molar-refractivity contribution in [2.45, 2.75) is 20.3 Å². The molecule has 2 atom stereocenters. The van der Waals surface area contributed by atoms with Crippen LogP contribution in [-0.4, -0.2) is 38.4 Å². The van der Waals surface area contributed by atoms with E-state index < -0.39 is 11.2 Å². The Hall–Kier alpha value is -2.44. The van der Waals surface area contributed by atoms with Gasteiger partial charge >= 0.3 is 5.69 Å². The zero-order valence-electron chi connectivity index (χ0n) is 13.3. The molecule has 2 aliphatic rings. The highest BCUT2D eigenvalue weighted by Gasteiger charge is 2.57. The number of carbonyl (C=O) groups excluding carboxylic acids is 1. The van der Waals surface area contributed by atoms with Crippen LogP contribution < -0.4 is 11.2 Å². The Kier molecular flexibility index (Phi) is 2.65. The quantitative estimate of drug-likeness (QED) is 0.826. The molecule has 120 valence electrons. The number of rotatable bonds is 1. The zero-order chi connectivity index (χ0) is 16.5. The van der Waals surface area contributed by atoms with Crippen molar-refractivity contribution in [2.75, 3.05) is 13.1 Å². The lowest BCUT2D eigenvalue weighted by Crippen LogP contribution is -2.34. The Morgan fingerprint density at radius 1 is 1.43 bits per heavy atom. The van der Waals surface area contributed by atoms with Crippen molar-refractivity contribution in [3.05, 3.63) is 38.2 Å². The molecule has 1 aliphatic carbocycles. The third-order valence-electron chi connectivity index (χ3n) is 5.25. The molecule has 2 aromatic heterocycles. The van der Waals surface area contributed by atoms with E-state index in [4.69, 9.17) is 0 Å². The van der Waals surface area contributed by atoms with E-state index in [1.807, 2.05) is 4.90 Å². The van der Waals surface area contributed by atoms with Crippen LogP contribution in [0.5, 0.6) is 0 Å². The van der Waals surface area contributed by atoms with Crippen LogP contribution in [0.4, 0.5) is 0 Å². The third-order valence-corrected chi connectivity index (χ3v) is 5.25. The summed E-state index contributed by atoms with van der Waals surface area (Å²) in [7, 11) is 1.54. The van der Waals surface area contributed by atoms with Crippen molar-refractivity contribution in [1.29, 1.82) is 0 Å². The van der Waals surface area contributed by atoms with E-state index in [0.29, 0.717) is 17.2 Å². The van der Waals surface area contributed by atoms with Crippen molar-refractivity contribution in [2.24, 2.45) is 18.4 Å². The van der Waals surface area contributed by atoms with Gasteiger partial charge < -0.3 is 4.90 Å². The number of hydrogen-bond acceptors (Lipinski definition) is 4. The molecule has 2 unspecified atom stereocenters. The number of hydrogen-bond donors (Lipinski definition) is 1. The van der Waals surface area contributed by atoms with Crippen LogP contribution in [0.15, 0.2) is 15.7 Å². The van der Waals surface area contributed by atoms with Crippen molar-refractivity contribution in [3.63, 3.8) is 0 Å². The number of H-pyrrole nitrogens is 1. The molecule has 1 amide bonds. The fraction of sp³-hybridized carbons (Fsp3) is 0.500. The minimum atomic E-state index is -0.561. The Bertz CT molecular complexity index is 974. The van der Waals surface area contributed by atoms with Gasteiger partial charge in [-0.1, -0.05) is 6.92 Å². The van der Waals surface area contributed by atoms with E-state index in [1.54, 1.807) is 13.0 Å². The number of aromatic amines is 1. The summed E-state index contributed by atoms with van der Waals surface area (Å²) in [5, 5.41) is 0.188. The second-order valence-electron chi connectivity index (χ2n) is 7.07. The highest BCUT2D eigenvalue weighted by atomic mass is 16.2. The molecule has 1 N–H and O–H groups in total. The van der Waals surface area contributed by atoms with Crippen LogP contribution in [0.2, 0.25) is 0 Å². The summed E-state index contributed by atoms with van der Waals surface area (Å²) in [6.45, 7) is 5.41. The van der Waals surface area contributed by atoms with Gasteiger partial charge in [0.15, 0.2) is 0 Å². The van der Waals surface area contributed by atoms with Crippen LogP contribution in [0, 0.1) is 18.3 Å². The van der Waals surface area contributed by atoms with E-state index in [1.165, 1.54) is 18.0 Å². The molecule has 4 rings (SSSR count). The number of aryl methyl sites for hydroxylation is 2. The number of pyridine rings is 1. The predicted molar refractivity (Wildman–Crippen MR) is 84.5 cm³/mol. The van der Waals surface area contributed by atoms with Gasteiger partial charge in [-0.15, -0.1) is 0 Å². The molecular formula is C16H18N4O3. The van der Waals surface area contributed by atoms with E-state index in [9.17, 15) is 14.4 Å². The van der Waals surface area contributed by atoms with Crippen LogP contribution in [-0.2, 0) is 7.05 Å². The van der Waals surface area contributed by atoms with Gasteiger partial charge in [-0.05, 0) is 30.7 Å². The maximum Gasteiger partial charge on any atom is 0.329 e. The molecule has 1 saturated heterocycles. The van der Waals surface area contributed by atoms with Crippen LogP contribution >= 0.6 is 0 Å². The van der Waals surface area contributed by atoms with Gasteiger partial charge in [-0.3, -0.25) is 19.1 Å². The van der Waals surface area contributed by atoms with Gasteiger partial charge in [-0.2, -0.15) is 0 Å². The largest absolute Gasteiger partial charge is 0.338 e. The van der Waals surface area contributed by atoms with Crippen LogP contribution in [0.3, 0.4) is 0 Å². The SMILES string of the molecule is Cc1cc(C(=O)N2CC3CC3(C)C2)c2c(=O)[nH]c(=O)n(C)c2n1. The number of amides is 1.